The van der Waals surface area contributed by atoms with Crippen LogP contribution in [0, 0.1) is 24.8 Å². The largest absolute Gasteiger partial charge is 0.408 e. The van der Waals surface area contributed by atoms with Gasteiger partial charge in [0.05, 0.1) is 23.8 Å². The third-order valence-electron chi connectivity index (χ3n) is 4.07. The van der Waals surface area contributed by atoms with Crippen LogP contribution in [0.2, 0.25) is 0 Å². The summed E-state index contributed by atoms with van der Waals surface area (Å²) in [5, 5.41) is 9.01. The Bertz CT molecular complexity index is 1050. The van der Waals surface area contributed by atoms with Crippen molar-refractivity contribution in [3.63, 3.8) is 0 Å². The molecular weight excluding hydrogens is 327 g/mol. The molecule has 124 valence electrons. The number of aryl methyl sites for hydroxylation is 1. The maximum Gasteiger partial charge on any atom is 0.408 e. The van der Waals surface area contributed by atoms with Crippen molar-refractivity contribution < 1.29 is 13.2 Å². The quantitative estimate of drug-likeness (QED) is 0.572. The van der Waals surface area contributed by atoms with Crippen molar-refractivity contribution in [1.82, 2.24) is 4.57 Å². The second-order valence-electron chi connectivity index (χ2n) is 5.69. The lowest BCUT2D eigenvalue weighted by atomic mass is 10.1. The lowest BCUT2D eigenvalue weighted by Gasteiger charge is -2.12. The Labute approximate surface area is 142 Å². The fraction of sp³-hybridized carbons (Fsp3) is 0.158. The van der Waals surface area contributed by atoms with E-state index in [9.17, 15) is 13.2 Å². The van der Waals surface area contributed by atoms with Gasteiger partial charge in [-0.1, -0.05) is 18.2 Å². The van der Waals surface area contributed by atoms with Gasteiger partial charge in [0.1, 0.15) is 0 Å². The molecule has 0 unspecified atom stereocenters. The van der Waals surface area contributed by atoms with Crippen LogP contribution in [0.1, 0.15) is 22.4 Å². The number of alkyl halides is 3. The summed E-state index contributed by atoms with van der Waals surface area (Å²) >= 11 is 0. The Balaban J connectivity index is 2.20. The first-order valence-corrected chi connectivity index (χ1v) is 7.41. The Kier molecular flexibility index (Phi) is 3.98. The molecule has 0 N–H and O–H groups in total. The predicted octanol–water partition coefficient (Wildman–Crippen LogP) is 5.44. The van der Waals surface area contributed by atoms with E-state index in [2.05, 4.69) is 10.9 Å². The predicted molar refractivity (Wildman–Crippen MR) is 88.2 cm³/mol. The van der Waals surface area contributed by atoms with Crippen molar-refractivity contribution in [2.45, 2.75) is 19.6 Å². The molecule has 25 heavy (non-hydrogen) atoms. The first kappa shape index (κ1) is 16.6. The van der Waals surface area contributed by atoms with Gasteiger partial charge in [0, 0.05) is 23.1 Å². The zero-order valence-corrected chi connectivity index (χ0v) is 13.2. The van der Waals surface area contributed by atoms with Crippen molar-refractivity contribution in [2.75, 3.05) is 0 Å². The van der Waals surface area contributed by atoms with Crippen LogP contribution in [-0.2, 0) is 12.7 Å². The molecular formula is C19H12F3N3. The van der Waals surface area contributed by atoms with Crippen molar-refractivity contribution in [3.05, 3.63) is 76.3 Å². The van der Waals surface area contributed by atoms with E-state index >= 15 is 0 Å². The summed E-state index contributed by atoms with van der Waals surface area (Å²) in [5.74, 6) is 0. The molecule has 2 aromatic carbocycles. The molecule has 1 aromatic heterocycles. The van der Waals surface area contributed by atoms with Crippen molar-refractivity contribution in [1.29, 1.82) is 5.26 Å². The molecule has 0 saturated carbocycles. The van der Waals surface area contributed by atoms with Crippen molar-refractivity contribution >= 4 is 16.6 Å². The van der Waals surface area contributed by atoms with Gasteiger partial charge in [0.15, 0.2) is 5.69 Å². The van der Waals surface area contributed by atoms with Crippen LogP contribution in [0.25, 0.3) is 15.7 Å². The Morgan fingerprint density at radius 2 is 1.96 bits per heavy atom. The fourth-order valence-electron chi connectivity index (χ4n) is 2.98. The molecule has 0 aliphatic heterocycles. The summed E-state index contributed by atoms with van der Waals surface area (Å²) in [4.78, 5) is 3.02. The maximum absolute atomic E-state index is 13.4. The summed E-state index contributed by atoms with van der Waals surface area (Å²) in [5.41, 5.74) is 1.10. The number of aromatic nitrogens is 1. The minimum absolute atomic E-state index is 0.0231. The molecule has 6 heteroatoms. The SMILES string of the molecule is [C-]#[N+]c1ccc2c(cc(C)n2Cc2cccc(C#N)c2)c1C(F)(F)F. The van der Waals surface area contributed by atoms with Crippen LogP contribution in [0.3, 0.4) is 0 Å². The lowest BCUT2D eigenvalue weighted by molar-refractivity contribution is -0.135. The standard InChI is InChI=1S/C19H12F3N3/c1-12-8-15-17(7-6-16(24-2)18(15)19(20,21)22)25(12)11-14-5-3-4-13(9-14)10-23/h3-9H,11H2,1H3. The van der Waals surface area contributed by atoms with Crippen LogP contribution < -0.4 is 0 Å². The van der Waals surface area contributed by atoms with Crippen LogP contribution in [0.4, 0.5) is 18.9 Å². The average Bonchev–Trinajstić information content (AvgIpc) is 2.88. The van der Waals surface area contributed by atoms with Crippen LogP contribution in [-0.4, -0.2) is 4.57 Å². The van der Waals surface area contributed by atoms with Gasteiger partial charge in [0.2, 0.25) is 0 Å². The summed E-state index contributed by atoms with van der Waals surface area (Å²) < 4.78 is 42.1. The zero-order chi connectivity index (χ0) is 18.2. The molecule has 0 aliphatic carbocycles. The second-order valence-corrected chi connectivity index (χ2v) is 5.69. The van der Waals surface area contributed by atoms with Crippen LogP contribution >= 0.6 is 0 Å². The van der Waals surface area contributed by atoms with Gasteiger partial charge in [-0.25, -0.2) is 4.85 Å². The number of nitrogens with zero attached hydrogens (tertiary/aromatic N) is 3. The normalized spacial score (nSPS) is 11.3. The van der Waals surface area contributed by atoms with Gasteiger partial charge in [0.25, 0.3) is 0 Å². The summed E-state index contributed by atoms with van der Waals surface area (Å²) in [6.07, 6.45) is -4.60. The molecule has 0 radical (unpaired) electrons. The van der Waals surface area contributed by atoms with Gasteiger partial charge in [-0.15, -0.1) is 0 Å². The maximum atomic E-state index is 13.4. The molecule has 0 saturated heterocycles. The highest BCUT2D eigenvalue weighted by Gasteiger charge is 2.36. The summed E-state index contributed by atoms with van der Waals surface area (Å²) in [6.45, 7) is 9.09. The highest BCUT2D eigenvalue weighted by molar-refractivity contribution is 5.90. The molecule has 0 fully saturated rings. The van der Waals surface area contributed by atoms with Gasteiger partial charge in [-0.05, 0) is 36.8 Å². The number of nitriles is 1. The topological polar surface area (TPSA) is 33.1 Å². The highest BCUT2D eigenvalue weighted by atomic mass is 19.4. The second kappa shape index (κ2) is 5.99. The number of hydrogen-bond acceptors (Lipinski definition) is 1. The van der Waals surface area contributed by atoms with E-state index in [1.54, 1.807) is 35.8 Å². The Hall–Kier alpha value is -3.25. The minimum Gasteiger partial charge on any atom is -0.341 e. The number of hydrogen-bond donors (Lipinski definition) is 0. The average molecular weight is 339 g/mol. The Morgan fingerprint density at radius 3 is 2.60 bits per heavy atom. The monoisotopic (exact) mass is 339 g/mol. The molecule has 3 rings (SSSR count). The lowest BCUT2D eigenvalue weighted by Crippen LogP contribution is -2.06. The Morgan fingerprint density at radius 1 is 1.20 bits per heavy atom. The van der Waals surface area contributed by atoms with E-state index in [-0.39, 0.29) is 5.39 Å². The third-order valence-corrected chi connectivity index (χ3v) is 4.07. The number of fused-ring (bicyclic) bond motifs is 1. The first-order valence-electron chi connectivity index (χ1n) is 7.41. The van der Waals surface area contributed by atoms with Gasteiger partial charge >= 0.3 is 6.18 Å². The summed E-state index contributed by atoms with van der Waals surface area (Å²) in [6, 6.07) is 13.2. The number of benzene rings is 2. The molecule has 0 spiro atoms. The molecule has 0 bridgehead atoms. The van der Waals surface area contributed by atoms with E-state index in [1.807, 2.05) is 6.07 Å². The van der Waals surface area contributed by atoms with Gasteiger partial charge in [-0.3, -0.25) is 0 Å². The molecule has 0 amide bonds. The molecule has 3 aromatic rings. The molecule has 0 atom stereocenters. The van der Waals surface area contributed by atoms with Crippen LogP contribution in [0.15, 0.2) is 42.5 Å². The van der Waals surface area contributed by atoms with E-state index in [1.165, 1.54) is 12.1 Å². The fourth-order valence-corrected chi connectivity index (χ4v) is 2.98. The van der Waals surface area contributed by atoms with Gasteiger partial charge < -0.3 is 4.57 Å². The molecule has 0 aliphatic rings. The van der Waals surface area contributed by atoms with E-state index in [0.717, 1.165) is 5.56 Å². The van der Waals surface area contributed by atoms with Crippen LogP contribution in [0.5, 0.6) is 0 Å². The van der Waals surface area contributed by atoms with Crippen molar-refractivity contribution in [3.8, 4) is 6.07 Å². The van der Waals surface area contributed by atoms with E-state index < -0.39 is 17.4 Å². The first-order chi connectivity index (χ1) is 11.8. The number of rotatable bonds is 2. The van der Waals surface area contributed by atoms with E-state index in [4.69, 9.17) is 11.8 Å². The molecule has 3 nitrogen and oxygen atoms in total. The van der Waals surface area contributed by atoms with E-state index in [0.29, 0.717) is 23.3 Å². The smallest absolute Gasteiger partial charge is 0.341 e. The summed E-state index contributed by atoms with van der Waals surface area (Å²) in [7, 11) is 0. The highest BCUT2D eigenvalue weighted by Crippen LogP contribution is 2.42. The minimum atomic E-state index is -4.60. The third kappa shape index (κ3) is 2.95. The molecule has 1 heterocycles. The van der Waals surface area contributed by atoms with Crippen molar-refractivity contribution in [2.24, 2.45) is 0 Å². The number of halogens is 3. The zero-order valence-electron chi connectivity index (χ0n) is 13.2. The van der Waals surface area contributed by atoms with Gasteiger partial charge in [-0.2, -0.15) is 18.4 Å².